The second-order valence-electron chi connectivity index (χ2n) is 5.67. The molecule has 0 aromatic carbocycles. The van der Waals surface area contributed by atoms with Gasteiger partial charge in [-0.25, -0.2) is 0 Å². The average Bonchev–Trinajstić information content (AvgIpc) is 3.10. The SMILES string of the molecule is CC(C)C(Br)C(=O)NCC(c1ccco1)N1CCCC1. The van der Waals surface area contributed by atoms with E-state index in [0.29, 0.717) is 6.54 Å². The summed E-state index contributed by atoms with van der Waals surface area (Å²) in [7, 11) is 0. The number of hydrogen-bond donors (Lipinski definition) is 1. The van der Waals surface area contributed by atoms with E-state index in [-0.39, 0.29) is 22.7 Å². The summed E-state index contributed by atoms with van der Waals surface area (Å²) < 4.78 is 5.54. The third kappa shape index (κ3) is 3.85. The van der Waals surface area contributed by atoms with Gasteiger partial charge in [0.05, 0.1) is 17.1 Å². The lowest BCUT2D eigenvalue weighted by molar-refractivity contribution is -0.121. The molecule has 2 rings (SSSR count). The molecule has 1 aromatic rings. The van der Waals surface area contributed by atoms with Crippen molar-refractivity contribution in [2.75, 3.05) is 19.6 Å². The van der Waals surface area contributed by atoms with Gasteiger partial charge >= 0.3 is 0 Å². The number of halogens is 1. The number of furan rings is 1. The minimum Gasteiger partial charge on any atom is -0.468 e. The van der Waals surface area contributed by atoms with Crippen LogP contribution in [0, 0.1) is 5.92 Å². The van der Waals surface area contributed by atoms with Gasteiger partial charge in [0.1, 0.15) is 5.76 Å². The quantitative estimate of drug-likeness (QED) is 0.808. The highest BCUT2D eigenvalue weighted by Crippen LogP contribution is 2.25. The topological polar surface area (TPSA) is 45.5 Å². The molecule has 1 amide bonds. The van der Waals surface area contributed by atoms with Gasteiger partial charge < -0.3 is 9.73 Å². The molecule has 112 valence electrons. The molecule has 1 saturated heterocycles. The standard InChI is InChI=1S/C15H23BrN2O2/c1-11(2)14(16)15(19)17-10-12(13-6-5-9-20-13)18-7-3-4-8-18/h5-6,9,11-12,14H,3-4,7-8,10H2,1-2H3,(H,17,19). The van der Waals surface area contributed by atoms with Crippen molar-refractivity contribution in [3.63, 3.8) is 0 Å². The van der Waals surface area contributed by atoms with Crippen LogP contribution in [-0.4, -0.2) is 35.3 Å². The second-order valence-corrected chi connectivity index (χ2v) is 6.65. The van der Waals surface area contributed by atoms with Gasteiger partial charge in [0.15, 0.2) is 0 Å². The van der Waals surface area contributed by atoms with Crippen molar-refractivity contribution >= 4 is 21.8 Å². The van der Waals surface area contributed by atoms with Crippen LogP contribution >= 0.6 is 15.9 Å². The van der Waals surface area contributed by atoms with Crippen molar-refractivity contribution in [2.24, 2.45) is 5.92 Å². The summed E-state index contributed by atoms with van der Waals surface area (Å²) in [6.07, 6.45) is 4.14. The van der Waals surface area contributed by atoms with Crippen molar-refractivity contribution in [1.29, 1.82) is 0 Å². The smallest absolute Gasteiger partial charge is 0.234 e. The predicted octanol–water partition coefficient (Wildman–Crippen LogP) is 2.95. The van der Waals surface area contributed by atoms with Crippen molar-refractivity contribution in [2.45, 2.75) is 37.6 Å². The van der Waals surface area contributed by atoms with Crippen molar-refractivity contribution in [3.05, 3.63) is 24.2 Å². The predicted molar refractivity (Wildman–Crippen MR) is 82.8 cm³/mol. The number of alkyl halides is 1. The zero-order valence-corrected chi connectivity index (χ0v) is 13.7. The van der Waals surface area contributed by atoms with Crippen molar-refractivity contribution in [3.8, 4) is 0 Å². The third-order valence-corrected chi connectivity index (χ3v) is 5.23. The number of carbonyl (C=O) groups is 1. The Morgan fingerprint density at radius 3 is 2.70 bits per heavy atom. The summed E-state index contributed by atoms with van der Waals surface area (Å²) in [6, 6.07) is 4.04. The maximum absolute atomic E-state index is 12.1. The van der Waals surface area contributed by atoms with Gasteiger partial charge in [0, 0.05) is 6.54 Å². The molecule has 0 radical (unpaired) electrons. The lowest BCUT2D eigenvalue weighted by Crippen LogP contribution is -2.40. The van der Waals surface area contributed by atoms with E-state index in [1.54, 1.807) is 6.26 Å². The first-order chi connectivity index (χ1) is 9.59. The molecule has 20 heavy (non-hydrogen) atoms. The minimum atomic E-state index is -0.140. The molecule has 1 N–H and O–H groups in total. The first-order valence-corrected chi connectivity index (χ1v) is 8.20. The maximum Gasteiger partial charge on any atom is 0.234 e. The van der Waals surface area contributed by atoms with Crippen LogP contribution in [0.15, 0.2) is 22.8 Å². The van der Waals surface area contributed by atoms with Crippen LogP contribution in [0.4, 0.5) is 0 Å². The molecule has 2 unspecified atom stereocenters. The van der Waals surface area contributed by atoms with Crippen LogP contribution in [0.5, 0.6) is 0 Å². The lowest BCUT2D eigenvalue weighted by atomic mass is 10.1. The molecule has 4 nitrogen and oxygen atoms in total. The molecule has 0 aliphatic carbocycles. The number of nitrogens with zero attached hydrogens (tertiary/aromatic N) is 1. The summed E-state index contributed by atoms with van der Waals surface area (Å²) in [5.41, 5.74) is 0. The largest absolute Gasteiger partial charge is 0.468 e. The lowest BCUT2D eigenvalue weighted by Gasteiger charge is -2.26. The number of nitrogens with one attached hydrogen (secondary N) is 1. The number of rotatable bonds is 6. The van der Waals surface area contributed by atoms with E-state index in [0.717, 1.165) is 18.8 Å². The van der Waals surface area contributed by atoms with Crippen LogP contribution in [0.25, 0.3) is 0 Å². The van der Waals surface area contributed by atoms with Gasteiger partial charge in [-0.05, 0) is 44.0 Å². The molecule has 0 bridgehead atoms. The van der Waals surface area contributed by atoms with Crippen LogP contribution in [0.3, 0.4) is 0 Å². The Labute approximate surface area is 129 Å². The number of likely N-dealkylation sites (tertiary alicyclic amines) is 1. The molecule has 2 heterocycles. The number of carbonyl (C=O) groups excluding carboxylic acids is 1. The van der Waals surface area contributed by atoms with Crippen LogP contribution in [-0.2, 0) is 4.79 Å². The van der Waals surface area contributed by atoms with Crippen LogP contribution in [0.1, 0.15) is 38.5 Å². The molecule has 1 fully saturated rings. The normalized spacial score (nSPS) is 19.2. The molecule has 1 aromatic heterocycles. The van der Waals surface area contributed by atoms with E-state index in [4.69, 9.17) is 4.42 Å². The van der Waals surface area contributed by atoms with Gasteiger partial charge in [-0.3, -0.25) is 9.69 Å². The van der Waals surface area contributed by atoms with Gasteiger partial charge in [0.2, 0.25) is 5.91 Å². The zero-order valence-electron chi connectivity index (χ0n) is 12.1. The Morgan fingerprint density at radius 2 is 2.15 bits per heavy atom. The van der Waals surface area contributed by atoms with Crippen molar-refractivity contribution in [1.82, 2.24) is 10.2 Å². The summed E-state index contributed by atoms with van der Waals surface area (Å²) in [6.45, 7) is 6.81. The number of amides is 1. The van der Waals surface area contributed by atoms with Gasteiger partial charge in [-0.2, -0.15) is 0 Å². The second kappa shape index (κ2) is 7.27. The monoisotopic (exact) mass is 342 g/mol. The molecule has 2 atom stereocenters. The molecule has 1 aliphatic heterocycles. The molecule has 0 saturated carbocycles. The van der Waals surface area contributed by atoms with E-state index >= 15 is 0 Å². The van der Waals surface area contributed by atoms with Gasteiger partial charge in [0.25, 0.3) is 0 Å². The highest BCUT2D eigenvalue weighted by Gasteiger charge is 2.27. The zero-order chi connectivity index (χ0) is 14.5. The molecule has 5 heteroatoms. The van der Waals surface area contributed by atoms with Crippen LogP contribution < -0.4 is 5.32 Å². The van der Waals surface area contributed by atoms with E-state index in [9.17, 15) is 4.79 Å². The molecular weight excluding hydrogens is 320 g/mol. The Morgan fingerprint density at radius 1 is 1.45 bits per heavy atom. The fraction of sp³-hybridized carbons (Fsp3) is 0.667. The molecular formula is C15H23BrN2O2. The maximum atomic E-state index is 12.1. The first-order valence-electron chi connectivity index (χ1n) is 7.29. The number of hydrogen-bond acceptors (Lipinski definition) is 3. The third-order valence-electron chi connectivity index (χ3n) is 3.76. The molecule has 1 aliphatic rings. The highest BCUT2D eigenvalue weighted by atomic mass is 79.9. The highest BCUT2D eigenvalue weighted by molar-refractivity contribution is 9.10. The molecule has 0 spiro atoms. The summed E-state index contributed by atoms with van der Waals surface area (Å²) in [5.74, 6) is 1.27. The fourth-order valence-corrected chi connectivity index (χ4v) is 2.70. The first kappa shape index (κ1) is 15.6. The Hall–Kier alpha value is -0.810. The van der Waals surface area contributed by atoms with Gasteiger partial charge in [-0.1, -0.05) is 29.8 Å². The Balaban J connectivity index is 1.96. The van der Waals surface area contributed by atoms with Crippen LogP contribution in [0.2, 0.25) is 0 Å². The summed E-state index contributed by atoms with van der Waals surface area (Å²) in [4.78, 5) is 14.3. The Bertz CT molecular complexity index is 414. The van der Waals surface area contributed by atoms with E-state index in [1.807, 2.05) is 26.0 Å². The fourth-order valence-electron chi connectivity index (χ4n) is 2.54. The van der Waals surface area contributed by atoms with Crippen molar-refractivity contribution < 1.29 is 9.21 Å². The van der Waals surface area contributed by atoms with E-state index < -0.39 is 0 Å². The average molecular weight is 343 g/mol. The Kier molecular flexibility index (Phi) is 5.66. The van der Waals surface area contributed by atoms with Gasteiger partial charge in [-0.15, -0.1) is 0 Å². The van der Waals surface area contributed by atoms with E-state index in [2.05, 4.69) is 26.1 Å². The van der Waals surface area contributed by atoms with E-state index in [1.165, 1.54) is 12.8 Å². The minimum absolute atomic E-state index is 0.0516. The summed E-state index contributed by atoms with van der Waals surface area (Å²) in [5, 5.41) is 3.04. The summed E-state index contributed by atoms with van der Waals surface area (Å²) >= 11 is 3.44.